The molecule has 2 amide bonds. The van der Waals surface area contributed by atoms with Gasteiger partial charge in [-0.15, -0.1) is 0 Å². The number of H-pyrrole nitrogens is 1. The van der Waals surface area contributed by atoms with Crippen molar-refractivity contribution in [3.63, 3.8) is 0 Å². The predicted octanol–water partition coefficient (Wildman–Crippen LogP) is 4.15. The van der Waals surface area contributed by atoms with E-state index in [4.69, 9.17) is 0 Å². The number of benzene rings is 1. The van der Waals surface area contributed by atoms with Gasteiger partial charge in [-0.05, 0) is 43.3 Å². The Labute approximate surface area is 225 Å². The monoisotopic (exact) mass is 549 g/mol. The molecule has 14 heteroatoms. The molecule has 40 heavy (non-hydrogen) atoms. The minimum Gasteiger partial charge on any atom is -0.310 e. The van der Waals surface area contributed by atoms with Crippen LogP contribution in [0.3, 0.4) is 0 Å². The highest BCUT2D eigenvalue weighted by molar-refractivity contribution is 6.05. The number of hydrogen-bond acceptors (Lipinski definition) is 6. The number of amides is 2. The van der Waals surface area contributed by atoms with Crippen molar-refractivity contribution < 1.29 is 22.8 Å². The number of halogens is 3. The first-order valence-corrected chi connectivity index (χ1v) is 11.9. The summed E-state index contributed by atoms with van der Waals surface area (Å²) in [6.45, 7) is 1.75. The Kier molecular flexibility index (Phi) is 6.90. The van der Waals surface area contributed by atoms with Crippen molar-refractivity contribution in [1.29, 1.82) is 0 Å². The van der Waals surface area contributed by atoms with Crippen LogP contribution in [-0.4, -0.2) is 46.6 Å². The number of nitrogens with one attached hydrogen (secondary N) is 3. The summed E-state index contributed by atoms with van der Waals surface area (Å²) in [6, 6.07) is 12.8. The SMILES string of the molecule is Cc1cc(-n2nc(CC(=O)Nc3ccccn3)cc2NC(=O)c2ccc(C(F)(F)F)c(-c3ccn(C)n3)c2)[nH]n1. The molecule has 0 spiro atoms. The number of alkyl halides is 3. The fraction of sp³-hybridized carbons (Fsp3) is 0.154. The van der Waals surface area contributed by atoms with E-state index in [0.29, 0.717) is 23.0 Å². The Balaban J connectivity index is 1.44. The lowest BCUT2D eigenvalue weighted by Crippen LogP contribution is -2.16. The first-order valence-electron chi connectivity index (χ1n) is 11.9. The number of nitrogens with zero attached hydrogens (tertiary/aromatic N) is 6. The maximum absolute atomic E-state index is 13.7. The topological polar surface area (TPSA) is 135 Å². The van der Waals surface area contributed by atoms with E-state index in [0.717, 1.165) is 18.2 Å². The molecule has 3 N–H and O–H groups in total. The molecular formula is C26H22F3N9O2. The molecule has 0 radical (unpaired) electrons. The van der Waals surface area contributed by atoms with Crippen molar-refractivity contribution in [2.45, 2.75) is 19.5 Å². The molecule has 4 heterocycles. The number of aromatic nitrogens is 7. The minimum atomic E-state index is -4.65. The smallest absolute Gasteiger partial charge is 0.310 e. The molecule has 0 aliphatic carbocycles. The molecule has 5 rings (SSSR count). The van der Waals surface area contributed by atoms with Crippen LogP contribution in [0.25, 0.3) is 17.1 Å². The molecule has 0 atom stereocenters. The summed E-state index contributed by atoms with van der Waals surface area (Å²) < 4.78 is 43.9. The lowest BCUT2D eigenvalue weighted by atomic mass is 10.0. The third-order valence-corrected chi connectivity index (χ3v) is 5.77. The van der Waals surface area contributed by atoms with Crippen LogP contribution < -0.4 is 10.6 Å². The highest BCUT2D eigenvalue weighted by atomic mass is 19.4. The van der Waals surface area contributed by atoms with Gasteiger partial charge in [0.2, 0.25) is 5.91 Å². The van der Waals surface area contributed by atoms with E-state index in [1.54, 1.807) is 44.4 Å². The van der Waals surface area contributed by atoms with Crippen molar-refractivity contribution in [1.82, 2.24) is 34.7 Å². The van der Waals surface area contributed by atoms with E-state index in [1.807, 2.05) is 0 Å². The lowest BCUT2D eigenvalue weighted by molar-refractivity contribution is -0.137. The number of aryl methyl sites for hydroxylation is 2. The summed E-state index contributed by atoms with van der Waals surface area (Å²) in [5, 5.41) is 20.7. The molecular weight excluding hydrogens is 527 g/mol. The third kappa shape index (κ3) is 5.75. The highest BCUT2D eigenvalue weighted by Gasteiger charge is 2.34. The summed E-state index contributed by atoms with van der Waals surface area (Å²) >= 11 is 0. The van der Waals surface area contributed by atoms with Gasteiger partial charge in [0.15, 0.2) is 5.82 Å². The summed E-state index contributed by atoms with van der Waals surface area (Å²) in [7, 11) is 1.58. The van der Waals surface area contributed by atoms with E-state index < -0.39 is 17.6 Å². The predicted molar refractivity (Wildman–Crippen MR) is 139 cm³/mol. The molecule has 0 saturated heterocycles. The third-order valence-electron chi connectivity index (χ3n) is 5.77. The van der Waals surface area contributed by atoms with Gasteiger partial charge >= 0.3 is 6.18 Å². The second-order valence-corrected chi connectivity index (χ2v) is 8.85. The summed E-state index contributed by atoms with van der Waals surface area (Å²) in [5.74, 6) is -0.118. The standard InChI is InChI=1S/C26H22F3N9O2/c1-15-11-23(34-33-15)38-22(13-17(35-38)14-24(39)31-21-5-3-4-9-30-21)32-25(40)16-6-7-19(26(27,28)29)18(12-16)20-8-10-37(2)36-20/h3-13H,14H2,1-2H3,(H,32,40)(H,33,34)(H,30,31,39). The van der Waals surface area contributed by atoms with Gasteiger partial charge in [0.25, 0.3) is 5.91 Å². The number of hydrogen-bond donors (Lipinski definition) is 3. The Morgan fingerprint density at radius 1 is 1.02 bits per heavy atom. The van der Waals surface area contributed by atoms with E-state index >= 15 is 0 Å². The van der Waals surface area contributed by atoms with Gasteiger partial charge in [0, 0.05) is 42.7 Å². The number of carbonyl (C=O) groups is 2. The first kappa shape index (κ1) is 26.3. The van der Waals surface area contributed by atoms with Gasteiger partial charge in [0.05, 0.1) is 29.1 Å². The zero-order valence-electron chi connectivity index (χ0n) is 21.2. The van der Waals surface area contributed by atoms with Gasteiger partial charge in [-0.2, -0.15) is 33.1 Å². The number of anilines is 2. The minimum absolute atomic E-state index is 0.0309. The van der Waals surface area contributed by atoms with Crippen molar-refractivity contribution >= 4 is 23.5 Å². The zero-order valence-corrected chi connectivity index (χ0v) is 21.2. The number of rotatable bonds is 7. The van der Waals surface area contributed by atoms with Crippen LogP contribution in [0.1, 0.15) is 27.3 Å². The Morgan fingerprint density at radius 3 is 2.50 bits per heavy atom. The van der Waals surface area contributed by atoms with Crippen molar-refractivity contribution in [2.75, 3.05) is 10.6 Å². The molecule has 4 aromatic heterocycles. The van der Waals surface area contributed by atoms with Crippen molar-refractivity contribution in [3.05, 3.63) is 89.5 Å². The van der Waals surface area contributed by atoms with Crippen molar-refractivity contribution in [3.8, 4) is 17.1 Å². The summed E-state index contributed by atoms with van der Waals surface area (Å²) in [4.78, 5) is 29.9. The normalized spacial score (nSPS) is 11.4. The number of pyridine rings is 1. The molecule has 204 valence electrons. The first-order chi connectivity index (χ1) is 19.1. The molecule has 11 nitrogen and oxygen atoms in total. The fourth-order valence-corrected chi connectivity index (χ4v) is 3.99. The van der Waals surface area contributed by atoms with Crippen LogP contribution in [0.4, 0.5) is 24.8 Å². The second kappa shape index (κ2) is 10.5. The molecule has 0 saturated carbocycles. The van der Waals surface area contributed by atoms with E-state index in [9.17, 15) is 22.8 Å². The molecule has 0 bridgehead atoms. The van der Waals surface area contributed by atoms with Gasteiger partial charge in [0.1, 0.15) is 11.6 Å². The molecule has 0 aliphatic rings. The van der Waals surface area contributed by atoms with Crippen LogP contribution >= 0.6 is 0 Å². The quantitative estimate of drug-likeness (QED) is 0.279. The molecule has 0 aliphatic heterocycles. The van der Waals surface area contributed by atoms with Gasteiger partial charge < -0.3 is 10.6 Å². The zero-order chi connectivity index (χ0) is 28.4. The summed E-state index contributed by atoms with van der Waals surface area (Å²) in [5.41, 5.74) is -0.134. The Morgan fingerprint density at radius 2 is 1.85 bits per heavy atom. The molecule has 0 unspecified atom stereocenters. The van der Waals surface area contributed by atoms with Crippen LogP contribution in [0, 0.1) is 6.92 Å². The Hall–Kier alpha value is -5.27. The van der Waals surface area contributed by atoms with Crippen molar-refractivity contribution in [2.24, 2.45) is 7.05 Å². The molecule has 5 aromatic rings. The van der Waals surface area contributed by atoms with Gasteiger partial charge in [-0.1, -0.05) is 6.07 Å². The average Bonchev–Trinajstić information content (AvgIpc) is 3.63. The highest BCUT2D eigenvalue weighted by Crippen LogP contribution is 2.37. The number of aromatic amines is 1. The van der Waals surface area contributed by atoms with Crippen LogP contribution in [-0.2, 0) is 24.4 Å². The fourth-order valence-electron chi connectivity index (χ4n) is 3.99. The summed E-state index contributed by atoms with van der Waals surface area (Å²) in [6.07, 6.45) is -1.73. The molecule has 0 fully saturated rings. The van der Waals surface area contributed by atoms with Crippen LogP contribution in [0.15, 0.2) is 67.0 Å². The van der Waals surface area contributed by atoms with Crippen LogP contribution in [0.5, 0.6) is 0 Å². The Bertz CT molecular complexity index is 1690. The van der Waals surface area contributed by atoms with E-state index in [1.165, 1.54) is 27.7 Å². The lowest BCUT2D eigenvalue weighted by Gasteiger charge is -2.13. The number of carbonyl (C=O) groups excluding carboxylic acids is 2. The van der Waals surface area contributed by atoms with E-state index in [2.05, 4.69) is 36.0 Å². The maximum atomic E-state index is 13.7. The van der Waals surface area contributed by atoms with Gasteiger partial charge in [-0.3, -0.25) is 19.4 Å². The largest absolute Gasteiger partial charge is 0.417 e. The van der Waals surface area contributed by atoms with E-state index in [-0.39, 0.29) is 35.0 Å². The van der Waals surface area contributed by atoms with Crippen LogP contribution in [0.2, 0.25) is 0 Å². The maximum Gasteiger partial charge on any atom is 0.417 e. The second-order valence-electron chi connectivity index (χ2n) is 8.85. The average molecular weight is 550 g/mol. The molecule has 1 aromatic carbocycles. The van der Waals surface area contributed by atoms with Gasteiger partial charge in [-0.25, -0.2) is 4.98 Å².